The fraction of sp³-hybridized carbons (Fsp3) is 0.250. The summed E-state index contributed by atoms with van der Waals surface area (Å²) >= 11 is 4.55. The zero-order chi connectivity index (χ0) is 17.7. The number of carbonyl (C=O) groups is 2. The smallest absolute Gasteiger partial charge is 0.337 e. The van der Waals surface area contributed by atoms with Crippen molar-refractivity contribution in [3.05, 3.63) is 44.3 Å². The largest absolute Gasteiger partial charge is 0.485 e. The highest BCUT2D eigenvalue weighted by Crippen LogP contribution is 2.27. The van der Waals surface area contributed by atoms with E-state index in [9.17, 15) is 14.9 Å². The van der Waals surface area contributed by atoms with Crippen molar-refractivity contribution in [1.82, 2.24) is 4.98 Å². The first kappa shape index (κ1) is 18.1. The molecule has 2 aromatic rings. The van der Waals surface area contributed by atoms with E-state index in [0.29, 0.717) is 20.8 Å². The van der Waals surface area contributed by atoms with Gasteiger partial charge in [0.05, 0.1) is 23.2 Å². The van der Waals surface area contributed by atoms with E-state index in [1.54, 1.807) is 18.4 Å². The van der Waals surface area contributed by atoms with Gasteiger partial charge in [-0.1, -0.05) is 0 Å². The van der Waals surface area contributed by atoms with Crippen LogP contribution in [0.5, 0.6) is 5.75 Å². The fourth-order valence-electron chi connectivity index (χ4n) is 1.86. The van der Waals surface area contributed by atoms with E-state index < -0.39 is 11.9 Å². The number of methoxy groups -OCH3 is 1. The number of rotatable bonds is 6. The molecule has 0 amide bonds. The third-order valence-corrected chi connectivity index (χ3v) is 4.70. The summed E-state index contributed by atoms with van der Waals surface area (Å²) < 4.78 is 10.6. The molecule has 1 atom stereocenters. The summed E-state index contributed by atoms with van der Waals surface area (Å²) in [7, 11) is 1.29. The SMILES string of the molecule is COC(=O)c1ccc(OCC(=O)C(C#N)c2nc(C)cs2)c(Br)c1. The van der Waals surface area contributed by atoms with Crippen molar-refractivity contribution in [2.45, 2.75) is 12.8 Å². The predicted molar refractivity (Wildman–Crippen MR) is 91.2 cm³/mol. The molecule has 0 bridgehead atoms. The maximum atomic E-state index is 12.2. The molecule has 124 valence electrons. The summed E-state index contributed by atoms with van der Waals surface area (Å²) in [5, 5.41) is 11.5. The van der Waals surface area contributed by atoms with Crippen LogP contribution in [-0.2, 0) is 9.53 Å². The van der Waals surface area contributed by atoms with Crippen LogP contribution < -0.4 is 4.74 Å². The van der Waals surface area contributed by atoms with Crippen molar-refractivity contribution in [3.63, 3.8) is 0 Å². The number of carbonyl (C=O) groups excluding carboxylic acids is 2. The van der Waals surface area contributed by atoms with Crippen LogP contribution in [0.15, 0.2) is 28.1 Å². The Hall–Kier alpha value is -2.24. The number of hydrogen-bond acceptors (Lipinski definition) is 7. The van der Waals surface area contributed by atoms with Crippen molar-refractivity contribution in [2.24, 2.45) is 0 Å². The van der Waals surface area contributed by atoms with Crippen molar-refractivity contribution >= 4 is 39.0 Å². The lowest BCUT2D eigenvalue weighted by Gasteiger charge is -2.10. The fourth-order valence-corrected chi connectivity index (χ4v) is 3.22. The van der Waals surface area contributed by atoms with Crippen LogP contribution in [0, 0.1) is 18.3 Å². The highest BCUT2D eigenvalue weighted by Gasteiger charge is 2.24. The van der Waals surface area contributed by atoms with E-state index in [2.05, 4.69) is 25.7 Å². The van der Waals surface area contributed by atoms with Crippen LogP contribution in [0.3, 0.4) is 0 Å². The second kappa shape index (κ2) is 8.04. The summed E-state index contributed by atoms with van der Waals surface area (Å²) in [6, 6.07) is 6.58. The molecule has 0 saturated carbocycles. The van der Waals surface area contributed by atoms with Gasteiger partial charge in [0.2, 0.25) is 0 Å². The van der Waals surface area contributed by atoms with E-state index in [4.69, 9.17) is 4.74 Å². The Bertz CT molecular complexity index is 813. The third kappa shape index (κ3) is 4.19. The molecule has 0 radical (unpaired) electrons. The van der Waals surface area contributed by atoms with Gasteiger partial charge in [-0.2, -0.15) is 5.26 Å². The normalized spacial score (nSPS) is 11.4. The van der Waals surface area contributed by atoms with E-state index in [0.717, 1.165) is 5.69 Å². The molecule has 0 aliphatic rings. The molecule has 1 unspecified atom stereocenters. The summed E-state index contributed by atoms with van der Waals surface area (Å²) in [5.74, 6) is -1.40. The summed E-state index contributed by atoms with van der Waals surface area (Å²) in [4.78, 5) is 27.8. The van der Waals surface area contributed by atoms with Gasteiger partial charge in [-0.05, 0) is 41.1 Å². The predicted octanol–water partition coefficient (Wildman–Crippen LogP) is 3.26. The average molecular weight is 409 g/mol. The van der Waals surface area contributed by atoms with Gasteiger partial charge in [0.25, 0.3) is 0 Å². The molecule has 8 heteroatoms. The average Bonchev–Trinajstić information content (AvgIpc) is 2.99. The lowest BCUT2D eigenvalue weighted by molar-refractivity contribution is -0.121. The van der Waals surface area contributed by atoms with E-state index >= 15 is 0 Å². The number of esters is 1. The summed E-state index contributed by atoms with van der Waals surface area (Å²) in [6.45, 7) is 1.53. The molecule has 24 heavy (non-hydrogen) atoms. The molecule has 0 fully saturated rings. The minimum absolute atomic E-state index is 0.271. The first-order valence-corrected chi connectivity index (χ1v) is 8.48. The Labute approximate surface area is 151 Å². The minimum atomic E-state index is -0.947. The number of aromatic nitrogens is 1. The van der Waals surface area contributed by atoms with E-state index in [-0.39, 0.29) is 12.4 Å². The van der Waals surface area contributed by atoms with Crippen LogP contribution in [0.2, 0.25) is 0 Å². The Morgan fingerprint density at radius 2 is 2.21 bits per heavy atom. The maximum Gasteiger partial charge on any atom is 0.337 e. The number of nitriles is 1. The standard InChI is InChI=1S/C16H13BrN2O4S/c1-9-8-24-15(19-9)11(6-18)13(20)7-23-14-4-3-10(5-12(14)17)16(21)22-2/h3-5,8,11H,7H2,1-2H3. The molecule has 0 N–H and O–H groups in total. The Morgan fingerprint density at radius 1 is 1.46 bits per heavy atom. The van der Waals surface area contributed by atoms with Crippen LogP contribution >= 0.6 is 27.3 Å². The third-order valence-electron chi connectivity index (χ3n) is 3.06. The molecule has 0 saturated heterocycles. The lowest BCUT2D eigenvalue weighted by Crippen LogP contribution is -2.19. The Kier molecular flexibility index (Phi) is 6.06. The van der Waals surface area contributed by atoms with Gasteiger partial charge in [0.15, 0.2) is 11.7 Å². The van der Waals surface area contributed by atoms with Crippen LogP contribution in [-0.4, -0.2) is 30.5 Å². The number of halogens is 1. The maximum absolute atomic E-state index is 12.2. The van der Waals surface area contributed by atoms with Crippen molar-refractivity contribution in [1.29, 1.82) is 5.26 Å². The number of aryl methyl sites for hydroxylation is 1. The molecular weight excluding hydrogens is 396 g/mol. The van der Waals surface area contributed by atoms with Crippen LogP contribution in [0.25, 0.3) is 0 Å². The van der Waals surface area contributed by atoms with Crippen molar-refractivity contribution in [2.75, 3.05) is 13.7 Å². The molecule has 0 spiro atoms. The molecular formula is C16H13BrN2O4S. The van der Waals surface area contributed by atoms with Gasteiger partial charge in [-0.25, -0.2) is 9.78 Å². The van der Waals surface area contributed by atoms with E-state index in [1.165, 1.54) is 30.6 Å². The minimum Gasteiger partial charge on any atom is -0.485 e. The molecule has 0 aliphatic carbocycles. The van der Waals surface area contributed by atoms with Crippen LogP contribution in [0.4, 0.5) is 0 Å². The van der Waals surface area contributed by atoms with Gasteiger partial charge < -0.3 is 9.47 Å². The molecule has 0 aliphatic heterocycles. The number of Topliss-reactive ketones (excluding diaryl/α,β-unsaturated/α-hetero) is 1. The zero-order valence-corrected chi connectivity index (χ0v) is 15.3. The summed E-state index contributed by atoms with van der Waals surface area (Å²) in [5.41, 5.74) is 1.13. The number of hydrogen-bond donors (Lipinski definition) is 0. The van der Waals surface area contributed by atoms with Gasteiger partial charge in [0.1, 0.15) is 17.4 Å². The highest BCUT2D eigenvalue weighted by atomic mass is 79.9. The van der Waals surface area contributed by atoms with Gasteiger partial charge in [-0.15, -0.1) is 11.3 Å². The number of benzene rings is 1. The lowest BCUT2D eigenvalue weighted by atomic mass is 10.1. The quantitative estimate of drug-likeness (QED) is 0.681. The highest BCUT2D eigenvalue weighted by molar-refractivity contribution is 9.10. The molecule has 1 aromatic heterocycles. The number of ether oxygens (including phenoxy) is 2. The monoisotopic (exact) mass is 408 g/mol. The van der Waals surface area contributed by atoms with Gasteiger partial charge >= 0.3 is 5.97 Å². The topological polar surface area (TPSA) is 89.3 Å². The van der Waals surface area contributed by atoms with E-state index in [1.807, 2.05) is 6.07 Å². The Morgan fingerprint density at radius 3 is 2.75 bits per heavy atom. The molecule has 6 nitrogen and oxygen atoms in total. The number of thiazole rings is 1. The molecule has 1 heterocycles. The van der Waals surface area contributed by atoms with Crippen molar-refractivity contribution < 1.29 is 19.1 Å². The van der Waals surface area contributed by atoms with Gasteiger partial charge in [0, 0.05) is 11.1 Å². The first-order valence-electron chi connectivity index (χ1n) is 6.81. The van der Waals surface area contributed by atoms with Gasteiger partial charge in [-0.3, -0.25) is 4.79 Å². The molecule has 2 rings (SSSR count). The first-order chi connectivity index (χ1) is 11.5. The second-order valence-electron chi connectivity index (χ2n) is 4.78. The zero-order valence-electron chi connectivity index (χ0n) is 12.9. The summed E-state index contributed by atoms with van der Waals surface area (Å²) in [6.07, 6.45) is 0. The van der Waals surface area contributed by atoms with Crippen LogP contribution in [0.1, 0.15) is 27.0 Å². The number of ketones is 1. The van der Waals surface area contributed by atoms with Crippen molar-refractivity contribution in [3.8, 4) is 11.8 Å². The Balaban J connectivity index is 2.06. The number of nitrogens with zero attached hydrogens (tertiary/aromatic N) is 2. The molecule has 1 aromatic carbocycles. The second-order valence-corrected chi connectivity index (χ2v) is 6.53.